The summed E-state index contributed by atoms with van der Waals surface area (Å²) in [4.78, 5) is 15.3. The van der Waals surface area contributed by atoms with Crippen molar-refractivity contribution in [1.82, 2.24) is 19.7 Å². The van der Waals surface area contributed by atoms with Crippen LogP contribution >= 0.6 is 11.8 Å². The van der Waals surface area contributed by atoms with Crippen LogP contribution in [0.1, 0.15) is 58.4 Å². The standard InChI is InChI=1S/C29H36N4OS/c1-21-10-8-13-23(16-21)33-26(22-11-6-5-7-12-22)30-31-27(33)35-15-9-14-25(34)32-20-29(4)18-24(32)17-28(2,3)19-29/h5-8,10-13,16,24H,9,14-15,17-20H2,1-4H3. The van der Waals surface area contributed by atoms with Gasteiger partial charge in [-0.05, 0) is 61.1 Å². The number of likely N-dealkylation sites (tertiary alicyclic amines) is 1. The molecule has 184 valence electrons. The Kier molecular flexibility index (Phi) is 6.51. The number of benzene rings is 2. The van der Waals surface area contributed by atoms with E-state index in [1.807, 2.05) is 18.2 Å². The number of rotatable bonds is 7. The molecule has 1 saturated heterocycles. The van der Waals surface area contributed by atoms with Crippen LogP contribution in [-0.2, 0) is 4.79 Å². The Balaban J connectivity index is 1.26. The number of carbonyl (C=O) groups excluding carboxylic acids is 1. The molecule has 0 spiro atoms. The quantitative estimate of drug-likeness (QED) is 0.280. The lowest BCUT2D eigenvalue weighted by molar-refractivity contribution is -0.132. The molecule has 2 fully saturated rings. The number of aromatic nitrogens is 3. The third-order valence-corrected chi connectivity index (χ3v) is 8.44. The molecule has 6 heteroatoms. The zero-order valence-corrected chi connectivity index (χ0v) is 22.1. The van der Waals surface area contributed by atoms with Gasteiger partial charge < -0.3 is 4.90 Å². The SMILES string of the molecule is Cc1cccc(-n2c(SCCCC(=O)N3CC4(C)CC3CC(C)(C)C4)nnc2-c2ccccc2)c1. The Morgan fingerprint density at radius 2 is 1.86 bits per heavy atom. The molecule has 2 unspecified atom stereocenters. The van der Waals surface area contributed by atoms with Crippen molar-refractivity contribution in [2.75, 3.05) is 12.3 Å². The Bertz CT molecular complexity index is 1200. The first kappa shape index (κ1) is 24.1. The van der Waals surface area contributed by atoms with Crippen LogP contribution in [0.5, 0.6) is 0 Å². The molecule has 35 heavy (non-hydrogen) atoms. The summed E-state index contributed by atoms with van der Waals surface area (Å²) in [6.45, 7) is 10.1. The van der Waals surface area contributed by atoms with Crippen LogP contribution in [0.15, 0.2) is 59.8 Å². The molecule has 1 saturated carbocycles. The van der Waals surface area contributed by atoms with Gasteiger partial charge in [0.25, 0.3) is 0 Å². The normalized spacial score (nSPS) is 23.0. The summed E-state index contributed by atoms with van der Waals surface area (Å²) in [5.74, 6) is 2.00. The minimum atomic E-state index is 0.287. The van der Waals surface area contributed by atoms with Crippen LogP contribution in [-0.4, -0.2) is 43.9 Å². The van der Waals surface area contributed by atoms with E-state index in [1.54, 1.807) is 11.8 Å². The summed E-state index contributed by atoms with van der Waals surface area (Å²) in [7, 11) is 0. The minimum Gasteiger partial charge on any atom is -0.339 e. The van der Waals surface area contributed by atoms with Crippen molar-refractivity contribution < 1.29 is 4.79 Å². The average molecular weight is 489 g/mol. The lowest BCUT2D eigenvalue weighted by atomic mass is 9.65. The third kappa shape index (κ3) is 5.18. The van der Waals surface area contributed by atoms with Crippen LogP contribution in [0.3, 0.4) is 0 Å². The van der Waals surface area contributed by atoms with Crippen molar-refractivity contribution in [3.63, 3.8) is 0 Å². The number of thioether (sulfide) groups is 1. The van der Waals surface area contributed by atoms with Crippen LogP contribution in [0.2, 0.25) is 0 Å². The fourth-order valence-corrected chi connectivity index (χ4v) is 7.31. The number of carbonyl (C=O) groups is 1. The van der Waals surface area contributed by atoms with Crippen molar-refractivity contribution in [1.29, 1.82) is 0 Å². The fraction of sp³-hybridized carbons (Fsp3) is 0.483. The average Bonchev–Trinajstić information content (AvgIpc) is 3.34. The molecule has 2 aliphatic rings. The molecule has 3 aromatic rings. The second-order valence-corrected chi connectivity index (χ2v) is 12.6. The van der Waals surface area contributed by atoms with E-state index in [-0.39, 0.29) is 5.41 Å². The van der Waals surface area contributed by atoms with Gasteiger partial charge in [0, 0.05) is 36.0 Å². The van der Waals surface area contributed by atoms with Gasteiger partial charge in [0.05, 0.1) is 0 Å². The van der Waals surface area contributed by atoms with Crippen LogP contribution in [0, 0.1) is 17.8 Å². The summed E-state index contributed by atoms with van der Waals surface area (Å²) in [5.41, 5.74) is 3.92. The number of amides is 1. The Morgan fingerprint density at radius 1 is 1.06 bits per heavy atom. The highest BCUT2D eigenvalue weighted by molar-refractivity contribution is 7.99. The van der Waals surface area contributed by atoms with Gasteiger partial charge in [-0.2, -0.15) is 0 Å². The Labute approximate surface area is 213 Å². The van der Waals surface area contributed by atoms with Crippen molar-refractivity contribution >= 4 is 17.7 Å². The molecule has 1 aliphatic carbocycles. The monoisotopic (exact) mass is 488 g/mol. The summed E-state index contributed by atoms with van der Waals surface area (Å²) in [6, 6.07) is 19.1. The Hall–Kier alpha value is -2.60. The van der Waals surface area contributed by atoms with E-state index in [4.69, 9.17) is 0 Å². The van der Waals surface area contributed by atoms with Gasteiger partial charge in [0.15, 0.2) is 11.0 Å². The van der Waals surface area contributed by atoms with Crippen molar-refractivity contribution in [3.8, 4) is 17.1 Å². The molecule has 1 amide bonds. The summed E-state index contributed by atoms with van der Waals surface area (Å²) >= 11 is 1.68. The molecule has 5 nitrogen and oxygen atoms in total. The highest BCUT2D eigenvalue weighted by atomic mass is 32.2. The van der Waals surface area contributed by atoms with E-state index in [1.165, 1.54) is 18.4 Å². The molecule has 5 rings (SSSR count). The second-order valence-electron chi connectivity index (χ2n) is 11.5. The molecule has 2 bridgehead atoms. The smallest absolute Gasteiger partial charge is 0.222 e. The van der Waals surface area contributed by atoms with Gasteiger partial charge in [0.2, 0.25) is 5.91 Å². The number of hydrogen-bond acceptors (Lipinski definition) is 4. The lowest BCUT2D eigenvalue weighted by Gasteiger charge is -2.39. The first-order chi connectivity index (χ1) is 16.7. The van der Waals surface area contributed by atoms with Gasteiger partial charge in [0.1, 0.15) is 0 Å². The highest BCUT2D eigenvalue weighted by Crippen LogP contribution is 2.52. The summed E-state index contributed by atoms with van der Waals surface area (Å²) in [5, 5.41) is 9.95. The summed E-state index contributed by atoms with van der Waals surface area (Å²) < 4.78 is 2.14. The van der Waals surface area contributed by atoms with Gasteiger partial charge in [-0.15, -0.1) is 10.2 Å². The largest absolute Gasteiger partial charge is 0.339 e. The van der Waals surface area contributed by atoms with Crippen LogP contribution in [0.25, 0.3) is 17.1 Å². The predicted octanol–water partition coefficient (Wildman–Crippen LogP) is 6.54. The van der Waals surface area contributed by atoms with Gasteiger partial charge in [-0.1, -0.05) is 75.0 Å². The molecule has 0 N–H and O–H groups in total. The number of fused-ring (bicyclic) bond motifs is 2. The van der Waals surface area contributed by atoms with E-state index in [9.17, 15) is 4.79 Å². The topological polar surface area (TPSA) is 51.0 Å². The van der Waals surface area contributed by atoms with Crippen molar-refractivity contribution in [2.45, 2.75) is 71.0 Å². The van der Waals surface area contributed by atoms with Crippen LogP contribution in [0.4, 0.5) is 0 Å². The van der Waals surface area contributed by atoms with E-state index >= 15 is 0 Å². The van der Waals surface area contributed by atoms with Gasteiger partial charge in [-0.25, -0.2) is 0 Å². The molecular weight excluding hydrogens is 452 g/mol. The van der Waals surface area contributed by atoms with Crippen molar-refractivity contribution in [2.24, 2.45) is 10.8 Å². The van der Waals surface area contributed by atoms with Crippen LogP contribution < -0.4 is 0 Å². The third-order valence-electron chi connectivity index (χ3n) is 7.43. The molecule has 1 aliphatic heterocycles. The first-order valence-corrected chi connectivity index (χ1v) is 13.7. The van der Waals surface area contributed by atoms with Crippen molar-refractivity contribution in [3.05, 3.63) is 60.2 Å². The molecule has 2 heterocycles. The maximum Gasteiger partial charge on any atom is 0.222 e. The molecule has 2 aromatic carbocycles. The predicted molar refractivity (Wildman–Crippen MR) is 143 cm³/mol. The number of hydrogen-bond donors (Lipinski definition) is 0. The fourth-order valence-electron chi connectivity index (χ4n) is 6.42. The Morgan fingerprint density at radius 3 is 2.63 bits per heavy atom. The van der Waals surface area contributed by atoms with Gasteiger partial charge >= 0.3 is 0 Å². The molecule has 2 atom stereocenters. The lowest BCUT2D eigenvalue weighted by Crippen LogP contribution is -2.37. The zero-order chi connectivity index (χ0) is 24.6. The minimum absolute atomic E-state index is 0.287. The van der Waals surface area contributed by atoms with Gasteiger partial charge in [-0.3, -0.25) is 9.36 Å². The molecule has 1 aromatic heterocycles. The zero-order valence-electron chi connectivity index (χ0n) is 21.3. The second kappa shape index (κ2) is 9.45. The number of nitrogens with zero attached hydrogens (tertiary/aromatic N) is 4. The first-order valence-electron chi connectivity index (χ1n) is 12.7. The van der Waals surface area contributed by atoms with E-state index in [0.717, 1.165) is 47.4 Å². The van der Waals surface area contributed by atoms with E-state index in [2.05, 4.69) is 83.8 Å². The van der Waals surface area contributed by atoms with E-state index < -0.39 is 0 Å². The maximum absolute atomic E-state index is 13.2. The highest BCUT2D eigenvalue weighted by Gasteiger charge is 2.50. The summed E-state index contributed by atoms with van der Waals surface area (Å²) in [6.07, 6.45) is 4.95. The van der Waals surface area contributed by atoms with E-state index in [0.29, 0.717) is 23.8 Å². The number of aryl methyl sites for hydroxylation is 1. The maximum atomic E-state index is 13.2. The molecule has 0 radical (unpaired) electrons. The molecular formula is C29H36N4OS.